The second-order valence-electron chi connectivity index (χ2n) is 2.93. The topological polar surface area (TPSA) is 50.2 Å². The molecule has 2 rings (SSSR count). The van der Waals surface area contributed by atoms with E-state index < -0.39 is 5.97 Å². The van der Waals surface area contributed by atoms with Crippen molar-refractivity contribution in [3.63, 3.8) is 0 Å². The molecule has 0 aliphatic rings. The molecule has 0 unspecified atom stereocenters. The Hall–Kier alpha value is -1.32. The van der Waals surface area contributed by atoms with Crippen LogP contribution in [0.5, 0.6) is 0 Å². The summed E-state index contributed by atoms with van der Waals surface area (Å²) in [4.78, 5) is 14.9. The fourth-order valence-electron chi connectivity index (χ4n) is 1.36. The van der Waals surface area contributed by atoms with Crippen molar-refractivity contribution in [3.8, 4) is 0 Å². The average molecular weight is 242 g/mol. The molecule has 1 aromatic carbocycles. The lowest BCUT2D eigenvalue weighted by atomic mass is 10.1. The fraction of sp³-hybridized carbons (Fsp3) is 0. The number of aromatic carboxylic acids is 1. The van der Waals surface area contributed by atoms with E-state index in [1.165, 1.54) is 6.07 Å². The largest absolute Gasteiger partial charge is 0.478 e. The number of aromatic nitrogens is 1. The molecule has 0 fully saturated rings. The zero-order chi connectivity index (χ0) is 11.0. The molecule has 15 heavy (non-hydrogen) atoms. The van der Waals surface area contributed by atoms with E-state index >= 15 is 0 Å². The zero-order valence-corrected chi connectivity index (χ0v) is 8.88. The summed E-state index contributed by atoms with van der Waals surface area (Å²) >= 11 is 11.6. The Morgan fingerprint density at radius 1 is 1.33 bits per heavy atom. The van der Waals surface area contributed by atoms with Gasteiger partial charge in [-0.3, -0.25) is 0 Å². The molecular weight excluding hydrogens is 237 g/mol. The maximum atomic E-state index is 10.9. The molecule has 0 saturated carbocycles. The Balaban J connectivity index is 2.92. The molecule has 76 valence electrons. The van der Waals surface area contributed by atoms with Crippen LogP contribution in [0.15, 0.2) is 24.3 Å². The van der Waals surface area contributed by atoms with Crippen LogP contribution in [-0.2, 0) is 0 Å². The summed E-state index contributed by atoms with van der Waals surface area (Å²) in [5.74, 6) is -1.05. The highest BCUT2D eigenvalue weighted by Crippen LogP contribution is 2.26. The number of hydrogen-bond donors (Lipinski definition) is 1. The van der Waals surface area contributed by atoms with Crippen LogP contribution >= 0.6 is 23.2 Å². The van der Waals surface area contributed by atoms with Crippen LogP contribution in [0.2, 0.25) is 10.2 Å². The monoisotopic (exact) mass is 241 g/mol. The highest BCUT2D eigenvalue weighted by Gasteiger charge is 2.12. The lowest BCUT2D eigenvalue weighted by Crippen LogP contribution is -1.99. The van der Waals surface area contributed by atoms with Crippen molar-refractivity contribution in [1.82, 2.24) is 4.98 Å². The van der Waals surface area contributed by atoms with E-state index in [0.29, 0.717) is 15.9 Å². The van der Waals surface area contributed by atoms with Crippen molar-refractivity contribution in [2.24, 2.45) is 0 Å². The number of halogens is 2. The molecular formula is C10H5Cl2NO2. The summed E-state index contributed by atoms with van der Waals surface area (Å²) in [6, 6.07) is 6.27. The molecule has 0 amide bonds. The van der Waals surface area contributed by atoms with Gasteiger partial charge >= 0.3 is 5.97 Å². The maximum absolute atomic E-state index is 10.9. The van der Waals surface area contributed by atoms with Crippen molar-refractivity contribution in [1.29, 1.82) is 0 Å². The molecule has 0 atom stereocenters. The standard InChI is InChI=1S/C10H5Cl2NO2/c11-7-3-1-2-5-6(10(14)15)4-8(12)13-9(5)7/h1-4H,(H,14,15). The lowest BCUT2D eigenvalue weighted by molar-refractivity contribution is 0.0699. The summed E-state index contributed by atoms with van der Waals surface area (Å²) in [6.07, 6.45) is 0. The van der Waals surface area contributed by atoms with Gasteiger partial charge in [-0.2, -0.15) is 0 Å². The molecule has 0 aliphatic carbocycles. The van der Waals surface area contributed by atoms with Crippen molar-refractivity contribution in [3.05, 3.63) is 40.0 Å². The molecule has 0 spiro atoms. The molecule has 5 heteroatoms. The minimum absolute atomic E-state index is 0.104. The summed E-state index contributed by atoms with van der Waals surface area (Å²) in [6.45, 7) is 0. The molecule has 0 bridgehead atoms. The first-order valence-electron chi connectivity index (χ1n) is 4.07. The smallest absolute Gasteiger partial charge is 0.336 e. The van der Waals surface area contributed by atoms with E-state index in [-0.39, 0.29) is 10.7 Å². The summed E-state index contributed by atoms with van der Waals surface area (Å²) in [5, 5.41) is 9.96. The van der Waals surface area contributed by atoms with Crippen LogP contribution < -0.4 is 0 Å². The van der Waals surface area contributed by atoms with Crippen molar-refractivity contribution in [2.45, 2.75) is 0 Å². The predicted molar refractivity (Wildman–Crippen MR) is 58.7 cm³/mol. The number of carboxylic acid groups (broad SMARTS) is 1. The number of pyridine rings is 1. The number of nitrogens with zero attached hydrogens (tertiary/aromatic N) is 1. The van der Waals surface area contributed by atoms with Gasteiger partial charge in [0.25, 0.3) is 0 Å². The van der Waals surface area contributed by atoms with Crippen molar-refractivity contribution < 1.29 is 9.90 Å². The lowest BCUT2D eigenvalue weighted by Gasteiger charge is -2.03. The molecule has 2 aromatic rings. The molecule has 0 aliphatic heterocycles. The van der Waals surface area contributed by atoms with Crippen LogP contribution in [0.4, 0.5) is 0 Å². The van der Waals surface area contributed by atoms with E-state index in [1.54, 1.807) is 18.2 Å². The number of carboxylic acids is 1. The molecule has 0 saturated heterocycles. The van der Waals surface area contributed by atoms with Gasteiger partial charge in [0.15, 0.2) is 0 Å². The number of fused-ring (bicyclic) bond motifs is 1. The van der Waals surface area contributed by atoms with Crippen LogP contribution in [-0.4, -0.2) is 16.1 Å². The minimum atomic E-state index is -1.05. The second kappa shape index (κ2) is 3.68. The van der Waals surface area contributed by atoms with Gasteiger partial charge in [-0.1, -0.05) is 35.3 Å². The van der Waals surface area contributed by atoms with E-state index in [9.17, 15) is 4.79 Å². The molecule has 0 radical (unpaired) electrons. The number of rotatable bonds is 1. The Bertz CT molecular complexity index is 554. The van der Waals surface area contributed by atoms with Crippen LogP contribution in [0.1, 0.15) is 10.4 Å². The van der Waals surface area contributed by atoms with E-state index in [1.807, 2.05) is 0 Å². The first kappa shape index (κ1) is 10.2. The highest BCUT2D eigenvalue weighted by atomic mass is 35.5. The Morgan fingerprint density at radius 3 is 2.73 bits per heavy atom. The quantitative estimate of drug-likeness (QED) is 0.781. The highest BCUT2D eigenvalue weighted by molar-refractivity contribution is 6.36. The average Bonchev–Trinajstić information content (AvgIpc) is 2.18. The third-order valence-electron chi connectivity index (χ3n) is 1.99. The first-order chi connectivity index (χ1) is 7.09. The van der Waals surface area contributed by atoms with Crippen molar-refractivity contribution >= 4 is 40.1 Å². The number of para-hydroxylation sites is 1. The first-order valence-corrected chi connectivity index (χ1v) is 4.83. The number of carbonyl (C=O) groups is 1. The van der Waals surface area contributed by atoms with E-state index in [2.05, 4.69) is 4.98 Å². The van der Waals surface area contributed by atoms with Gasteiger partial charge in [0.2, 0.25) is 0 Å². The molecule has 1 heterocycles. The summed E-state index contributed by atoms with van der Waals surface area (Å²) in [7, 11) is 0. The number of hydrogen-bond acceptors (Lipinski definition) is 2. The van der Waals surface area contributed by atoms with Gasteiger partial charge in [0.1, 0.15) is 5.15 Å². The normalized spacial score (nSPS) is 10.5. The summed E-state index contributed by atoms with van der Waals surface area (Å²) in [5.41, 5.74) is 0.511. The van der Waals surface area contributed by atoms with Gasteiger partial charge in [0.05, 0.1) is 16.1 Å². The number of benzene rings is 1. The van der Waals surface area contributed by atoms with Gasteiger partial charge in [-0.25, -0.2) is 9.78 Å². The molecule has 1 N–H and O–H groups in total. The molecule has 1 aromatic heterocycles. The Kier molecular flexibility index (Phi) is 2.50. The molecule has 3 nitrogen and oxygen atoms in total. The van der Waals surface area contributed by atoms with Gasteiger partial charge < -0.3 is 5.11 Å². The van der Waals surface area contributed by atoms with Crippen LogP contribution in [0, 0.1) is 0 Å². The SMILES string of the molecule is O=C(O)c1cc(Cl)nc2c(Cl)cccc12. The summed E-state index contributed by atoms with van der Waals surface area (Å²) < 4.78 is 0. The maximum Gasteiger partial charge on any atom is 0.336 e. The Labute approximate surface area is 95.3 Å². The van der Waals surface area contributed by atoms with Gasteiger partial charge in [-0.05, 0) is 12.1 Å². The van der Waals surface area contributed by atoms with E-state index in [4.69, 9.17) is 28.3 Å². The van der Waals surface area contributed by atoms with Crippen LogP contribution in [0.25, 0.3) is 10.9 Å². The van der Waals surface area contributed by atoms with Crippen molar-refractivity contribution in [2.75, 3.05) is 0 Å². The fourth-order valence-corrected chi connectivity index (χ4v) is 1.77. The second-order valence-corrected chi connectivity index (χ2v) is 3.73. The Morgan fingerprint density at radius 2 is 2.07 bits per heavy atom. The van der Waals surface area contributed by atoms with E-state index in [0.717, 1.165) is 0 Å². The van der Waals surface area contributed by atoms with Gasteiger partial charge in [0, 0.05) is 5.39 Å². The van der Waals surface area contributed by atoms with Crippen LogP contribution in [0.3, 0.4) is 0 Å². The van der Waals surface area contributed by atoms with Gasteiger partial charge in [-0.15, -0.1) is 0 Å². The zero-order valence-electron chi connectivity index (χ0n) is 7.37. The third kappa shape index (κ3) is 1.76. The minimum Gasteiger partial charge on any atom is -0.478 e. The predicted octanol–water partition coefficient (Wildman–Crippen LogP) is 3.24. The third-order valence-corrected chi connectivity index (χ3v) is 2.49.